The second kappa shape index (κ2) is 6.03. The van der Waals surface area contributed by atoms with Gasteiger partial charge in [0.1, 0.15) is 18.0 Å². The molecule has 0 spiro atoms. The third-order valence-electron chi connectivity index (χ3n) is 4.48. The van der Waals surface area contributed by atoms with Gasteiger partial charge in [0.25, 0.3) is 0 Å². The van der Waals surface area contributed by atoms with Crippen molar-refractivity contribution in [2.24, 2.45) is 5.92 Å². The number of aliphatic hydroxyl groups excluding tert-OH is 1. The summed E-state index contributed by atoms with van der Waals surface area (Å²) < 4.78 is 3.65. The van der Waals surface area contributed by atoms with Crippen LogP contribution in [0.4, 0.5) is 5.82 Å². The van der Waals surface area contributed by atoms with Crippen LogP contribution in [-0.2, 0) is 6.54 Å². The highest BCUT2D eigenvalue weighted by molar-refractivity contribution is 6.30. The highest BCUT2D eigenvalue weighted by Gasteiger charge is 2.33. The number of aliphatic hydroxyl groups is 1. The van der Waals surface area contributed by atoms with Crippen LogP contribution in [0.3, 0.4) is 0 Å². The number of rotatable bonds is 4. The van der Waals surface area contributed by atoms with Crippen molar-refractivity contribution in [3.8, 4) is 0 Å². The average molecular weight is 348 g/mol. The number of nitrogens with zero attached hydrogens (tertiary/aromatic N) is 6. The lowest BCUT2D eigenvalue weighted by Gasteiger charge is -2.17. The van der Waals surface area contributed by atoms with E-state index in [0.717, 1.165) is 30.9 Å². The highest BCUT2D eigenvalue weighted by atomic mass is 35.5. The molecular weight excluding hydrogens is 330 g/mol. The van der Waals surface area contributed by atoms with Crippen molar-refractivity contribution in [1.82, 2.24) is 29.4 Å². The van der Waals surface area contributed by atoms with Gasteiger partial charge in [0, 0.05) is 18.8 Å². The van der Waals surface area contributed by atoms with Gasteiger partial charge in [-0.2, -0.15) is 5.10 Å². The molecule has 0 aliphatic heterocycles. The molecule has 4 rings (SSSR count). The Bertz CT molecular complexity index is 861. The standard InChI is InChI=1S/C15H18ClN7O/c1-9-19-14(4-15-21-17-8-23(9)15)20-12-2-10(3-13(12)24)6-22-7-11(16)5-18-22/h4-5,7-8,10,12-13,20,24H,2-3,6H2,1H3/t10?,12-,13-/m1/s1. The molecule has 9 heteroatoms. The molecule has 126 valence electrons. The van der Waals surface area contributed by atoms with E-state index in [1.165, 1.54) is 0 Å². The molecule has 0 radical (unpaired) electrons. The Morgan fingerprint density at radius 2 is 2.29 bits per heavy atom. The quantitative estimate of drug-likeness (QED) is 0.743. The predicted octanol–water partition coefficient (Wildman–Crippen LogP) is 1.53. The second-order valence-corrected chi connectivity index (χ2v) is 6.72. The van der Waals surface area contributed by atoms with E-state index in [0.29, 0.717) is 16.8 Å². The molecule has 0 aromatic carbocycles. The van der Waals surface area contributed by atoms with Gasteiger partial charge in [-0.05, 0) is 25.7 Å². The van der Waals surface area contributed by atoms with Crippen LogP contribution in [0.5, 0.6) is 0 Å². The minimum absolute atomic E-state index is 0.0432. The zero-order valence-corrected chi connectivity index (χ0v) is 13.9. The maximum absolute atomic E-state index is 10.4. The number of aromatic nitrogens is 6. The fourth-order valence-electron chi connectivity index (χ4n) is 3.36. The Hall–Kier alpha value is -2.19. The van der Waals surface area contributed by atoms with Gasteiger partial charge in [0.05, 0.1) is 23.4 Å². The molecule has 0 amide bonds. The first kappa shape index (κ1) is 15.3. The lowest BCUT2D eigenvalue weighted by molar-refractivity contribution is 0.166. The normalized spacial score (nSPS) is 23.9. The molecule has 3 aromatic heterocycles. The van der Waals surface area contributed by atoms with Crippen molar-refractivity contribution in [2.75, 3.05) is 5.32 Å². The van der Waals surface area contributed by atoms with Crippen molar-refractivity contribution in [1.29, 1.82) is 0 Å². The minimum Gasteiger partial charge on any atom is -0.391 e. The van der Waals surface area contributed by atoms with Crippen LogP contribution < -0.4 is 5.32 Å². The summed E-state index contributed by atoms with van der Waals surface area (Å²) in [6.45, 7) is 2.65. The number of halogens is 1. The van der Waals surface area contributed by atoms with Gasteiger partial charge in [-0.15, -0.1) is 10.2 Å². The largest absolute Gasteiger partial charge is 0.391 e. The Labute approximate surface area is 143 Å². The van der Waals surface area contributed by atoms with E-state index in [1.807, 2.05) is 22.1 Å². The first-order valence-electron chi connectivity index (χ1n) is 7.88. The van der Waals surface area contributed by atoms with E-state index in [-0.39, 0.29) is 6.04 Å². The number of nitrogens with one attached hydrogen (secondary N) is 1. The molecule has 1 aliphatic rings. The van der Waals surface area contributed by atoms with Gasteiger partial charge >= 0.3 is 0 Å². The van der Waals surface area contributed by atoms with E-state index in [9.17, 15) is 5.11 Å². The average Bonchev–Trinajstić information content (AvgIpc) is 3.22. The summed E-state index contributed by atoms with van der Waals surface area (Å²) >= 11 is 5.90. The Balaban J connectivity index is 1.45. The third kappa shape index (κ3) is 2.94. The molecule has 0 saturated heterocycles. The van der Waals surface area contributed by atoms with Gasteiger partial charge < -0.3 is 10.4 Å². The Morgan fingerprint density at radius 3 is 3.08 bits per heavy atom. The number of anilines is 1. The number of hydrogen-bond donors (Lipinski definition) is 2. The van der Waals surface area contributed by atoms with Crippen LogP contribution in [0.25, 0.3) is 5.65 Å². The topological polar surface area (TPSA) is 93.2 Å². The van der Waals surface area contributed by atoms with Crippen molar-refractivity contribution in [2.45, 2.75) is 38.5 Å². The van der Waals surface area contributed by atoms with Gasteiger partial charge in [-0.1, -0.05) is 11.6 Å². The van der Waals surface area contributed by atoms with Gasteiger partial charge in [0.2, 0.25) is 0 Å². The van der Waals surface area contributed by atoms with Crippen LogP contribution >= 0.6 is 11.6 Å². The molecule has 8 nitrogen and oxygen atoms in total. The summed E-state index contributed by atoms with van der Waals surface area (Å²) in [7, 11) is 0. The molecule has 3 heterocycles. The van der Waals surface area contributed by atoms with Crippen LogP contribution in [0, 0.1) is 12.8 Å². The molecule has 3 aromatic rings. The summed E-state index contributed by atoms with van der Waals surface area (Å²) in [5.41, 5.74) is 0.736. The summed E-state index contributed by atoms with van der Waals surface area (Å²) in [4.78, 5) is 4.51. The molecule has 1 fully saturated rings. The fraction of sp³-hybridized carbons (Fsp3) is 0.467. The molecule has 24 heavy (non-hydrogen) atoms. The smallest absolute Gasteiger partial charge is 0.165 e. The summed E-state index contributed by atoms with van der Waals surface area (Å²) in [6, 6.07) is 1.80. The molecule has 2 N–H and O–H groups in total. The third-order valence-corrected chi connectivity index (χ3v) is 4.67. The maximum Gasteiger partial charge on any atom is 0.165 e. The summed E-state index contributed by atoms with van der Waals surface area (Å²) in [5, 5.41) is 26.5. The molecule has 1 saturated carbocycles. The SMILES string of the molecule is Cc1nc(N[C@@H]2CC(Cn3cc(Cl)cn3)C[C@H]2O)cc2nncn12. The van der Waals surface area contributed by atoms with Crippen molar-refractivity contribution in [3.05, 3.63) is 35.6 Å². The first-order valence-corrected chi connectivity index (χ1v) is 8.26. The first-order chi connectivity index (χ1) is 11.6. The van der Waals surface area contributed by atoms with Crippen LogP contribution in [0.2, 0.25) is 5.02 Å². The lowest BCUT2D eigenvalue weighted by Crippen LogP contribution is -2.28. The molecule has 1 unspecified atom stereocenters. The van der Waals surface area contributed by atoms with Crippen molar-refractivity contribution in [3.63, 3.8) is 0 Å². The molecule has 1 aliphatic carbocycles. The van der Waals surface area contributed by atoms with Gasteiger partial charge in [0.15, 0.2) is 5.65 Å². The van der Waals surface area contributed by atoms with E-state index >= 15 is 0 Å². The van der Waals surface area contributed by atoms with Gasteiger partial charge in [-0.3, -0.25) is 9.08 Å². The number of aryl methyl sites for hydroxylation is 1. The number of fused-ring (bicyclic) bond motifs is 1. The zero-order valence-electron chi connectivity index (χ0n) is 13.2. The minimum atomic E-state index is -0.419. The Morgan fingerprint density at radius 1 is 1.42 bits per heavy atom. The summed E-state index contributed by atoms with van der Waals surface area (Å²) in [5.74, 6) is 1.85. The monoisotopic (exact) mass is 347 g/mol. The highest BCUT2D eigenvalue weighted by Crippen LogP contribution is 2.30. The number of hydrogen-bond acceptors (Lipinski definition) is 6. The molecule has 3 atom stereocenters. The lowest BCUT2D eigenvalue weighted by atomic mass is 10.1. The summed E-state index contributed by atoms with van der Waals surface area (Å²) in [6.07, 6.45) is 6.22. The van der Waals surface area contributed by atoms with E-state index in [2.05, 4.69) is 25.6 Å². The molecular formula is C15H18ClN7O. The van der Waals surface area contributed by atoms with E-state index < -0.39 is 6.10 Å². The Kier molecular flexibility index (Phi) is 3.85. The zero-order chi connectivity index (χ0) is 16.7. The predicted molar refractivity (Wildman–Crippen MR) is 88.9 cm³/mol. The van der Waals surface area contributed by atoms with Crippen LogP contribution in [0.1, 0.15) is 18.7 Å². The van der Waals surface area contributed by atoms with E-state index in [1.54, 1.807) is 18.7 Å². The molecule has 0 bridgehead atoms. The maximum atomic E-state index is 10.4. The fourth-order valence-corrected chi connectivity index (χ4v) is 3.52. The van der Waals surface area contributed by atoms with Crippen LogP contribution in [0.15, 0.2) is 24.8 Å². The van der Waals surface area contributed by atoms with Crippen LogP contribution in [-0.4, -0.2) is 46.6 Å². The van der Waals surface area contributed by atoms with Gasteiger partial charge in [-0.25, -0.2) is 4.98 Å². The van der Waals surface area contributed by atoms with Crippen molar-refractivity contribution < 1.29 is 5.11 Å². The second-order valence-electron chi connectivity index (χ2n) is 6.28. The van der Waals surface area contributed by atoms with E-state index in [4.69, 9.17) is 11.6 Å². The van der Waals surface area contributed by atoms with Crippen molar-refractivity contribution >= 4 is 23.1 Å².